The Hall–Kier alpha value is -2.26. The summed E-state index contributed by atoms with van der Waals surface area (Å²) in [7, 11) is -4.55. The van der Waals surface area contributed by atoms with Gasteiger partial charge in [-0.15, -0.1) is 13.2 Å². The van der Waals surface area contributed by atoms with Gasteiger partial charge < -0.3 is 19.5 Å². The van der Waals surface area contributed by atoms with Crippen molar-refractivity contribution in [1.29, 1.82) is 0 Å². The highest BCUT2D eigenvalue weighted by atomic mass is 35.5. The molecule has 1 aliphatic carbocycles. The Labute approximate surface area is 161 Å². The number of nitrogens with two attached hydrogens (primary N) is 1. The van der Waals surface area contributed by atoms with Crippen LogP contribution in [0.5, 0.6) is 11.5 Å². The fraction of sp³-hybridized carbons (Fsp3) is 0.188. The second-order valence-electron chi connectivity index (χ2n) is 5.77. The van der Waals surface area contributed by atoms with Crippen molar-refractivity contribution in [3.05, 3.63) is 40.9 Å². The first-order valence-corrected chi connectivity index (χ1v) is 9.86. The molecule has 0 spiro atoms. The number of ether oxygens (including phenoxy) is 1. The van der Waals surface area contributed by atoms with Gasteiger partial charge in [0, 0.05) is 11.1 Å². The zero-order valence-corrected chi connectivity index (χ0v) is 15.7. The van der Waals surface area contributed by atoms with Gasteiger partial charge in [0.2, 0.25) is 0 Å². The zero-order chi connectivity index (χ0) is 20.5. The van der Waals surface area contributed by atoms with Crippen molar-refractivity contribution < 1.29 is 31.9 Å². The number of alkyl halides is 3. The molecule has 1 aromatic carbocycles. The van der Waals surface area contributed by atoms with Crippen molar-refractivity contribution in [2.75, 3.05) is 5.32 Å². The van der Waals surface area contributed by atoms with Crippen LogP contribution in [0.15, 0.2) is 30.3 Å². The second kappa shape index (κ2) is 7.63. The first kappa shape index (κ1) is 20.5. The van der Waals surface area contributed by atoms with E-state index in [1.165, 1.54) is 6.07 Å². The molecule has 0 saturated carbocycles. The minimum atomic E-state index is -4.94. The molecule has 0 radical (unpaired) electrons. The van der Waals surface area contributed by atoms with E-state index in [1.54, 1.807) is 12.1 Å². The minimum Gasteiger partial charge on any atom is -0.411 e. The van der Waals surface area contributed by atoms with Gasteiger partial charge in [0.05, 0.1) is 11.0 Å². The quantitative estimate of drug-likeness (QED) is 0.620. The van der Waals surface area contributed by atoms with E-state index in [4.69, 9.17) is 21.6 Å². The molecule has 1 aliphatic rings. The highest BCUT2D eigenvalue weighted by molar-refractivity contribution is 7.50. The maximum absolute atomic E-state index is 12.4. The summed E-state index contributed by atoms with van der Waals surface area (Å²) in [5, 5.41) is 4.82. The highest BCUT2D eigenvalue weighted by Crippen LogP contribution is 2.41. The van der Waals surface area contributed by atoms with Crippen LogP contribution in [0.3, 0.4) is 0 Å². The summed E-state index contributed by atoms with van der Waals surface area (Å²) in [4.78, 5) is 13.6. The van der Waals surface area contributed by atoms with Crippen LogP contribution >= 0.6 is 19.3 Å². The lowest BCUT2D eigenvalue weighted by Crippen LogP contribution is -2.32. The van der Waals surface area contributed by atoms with E-state index >= 15 is 0 Å². The Bertz CT molecular complexity index is 1070. The molecule has 1 heterocycles. The van der Waals surface area contributed by atoms with Gasteiger partial charge in [-0.3, -0.25) is 0 Å². The number of halogens is 4. The van der Waals surface area contributed by atoms with Crippen molar-refractivity contribution in [2.24, 2.45) is 5.50 Å². The molecule has 7 nitrogen and oxygen atoms in total. The van der Waals surface area contributed by atoms with Gasteiger partial charge in [0.25, 0.3) is 0 Å². The van der Waals surface area contributed by atoms with Gasteiger partial charge >= 0.3 is 14.1 Å². The number of anilines is 2. The van der Waals surface area contributed by atoms with Crippen LogP contribution in [0.4, 0.5) is 24.7 Å². The van der Waals surface area contributed by atoms with E-state index in [0.717, 1.165) is 23.8 Å². The standard InChI is InChI=1S/C16H14ClF3N3O4P/c17-11-3-1-2-9-4-7-14(23-15(9)11)22-12-6-5-10(26-16(18,19)20)8-13(12)27-28(21,24)25/h2,4-8H,1,3H2,(H,22,23)(H3,21,24,25). The van der Waals surface area contributed by atoms with Crippen molar-refractivity contribution >= 4 is 42.0 Å². The molecule has 0 saturated heterocycles. The number of pyridine rings is 1. The Morgan fingerprint density at radius 3 is 2.71 bits per heavy atom. The Balaban J connectivity index is 1.98. The molecule has 2 aromatic rings. The molecule has 0 amide bonds. The van der Waals surface area contributed by atoms with Crippen molar-refractivity contribution in [2.45, 2.75) is 19.2 Å². The van der Waals surface area contributed by atoms with Gasteiger partial charge in [0.15, 0.2) is 5.75 Å². The number of nitrogens with zero attached hydrogens (tertiary/aromatic N) is 1. The summed E-state index contributed by atoms with van der Waals surface area (Å²) >= 11 is 6.19. The van der Waals surface area contributed by atoms with Crippen LogP contribution < -0.4 is 30.6 Å². The van der Waals surface area contributed by atoms with Gasteiger partial charge in [0.1, 0.15) is 11.6 Å². The molecule has 150 valence electrons. The molecule has 28 heavy (non-hydrogen) atoms. The number of benzene rings is 1. The van der Waals surface area contributed by atoms with Gasteiger partial charge in [-0.1, -0.05) is 17.7 Å². The molecule has 0 fully saturated rings. The molecule has 4 N–H and O–H groups in total. The molecular formula is C16H14ClF3N3O4P. The lowest BCUT2D eigenvalue weighted by atomic mass is 10.1. The highest BCUT2D eigenvalue weighted by Gasteiger charge is 2.31. The molecule has 0 bridgehead atoms. The van der Waals surface area contributed by atoms with E-state index < -0.39 is 25.6 Å². The zero-order valence-electron chi connectivity index (χ0n) is 14.0. The van der Waals surface area contributed by atoms with Gasteiger partial charge in [-0.05, 0) is 42.3 Å². The normalized spacial score (nSPS) is 15.9. The molecule has 12 heteroatoms. The number of fused-ring (bicyclic) bond motifs is 1. The maximum atomic E-state index is 12.4. The fourth-order valence-electron chi connectivity index (χ4n) is 2.55. The van der Waals surface area contributed by atoms with Crippen LogP contribution in [0.25, 0.3) is 11.1 Å². The first-order chi connectivity index (χ1) is 13.0. The number of aromatic nitrogens is 1. The van der Waals surface area contributed by atoms with Crippen molar-refractivity contribution in [3.63, 3.8) is 0 Å². The topological polar surface area (TPSA) is 107 Å². The summed E-state index contributed by atoms with van der Waals surface area (Å²) in [5.41, 5.74) is 5.03. The van der Waals surface area contributed by atoms with Crippen LogP contribution in [0, 0.1) is 0 Å². The largest absolute Gasteiger partial charge is 0.573 e. The molecule has 1 unspecified atom stereocenters. The molecule has 3 rings (SSSR count). The van der Waals surface area contributed by atoms with Crippen LogP contribution in [-0.4, -0.2) is 16.2 Å². The molecular weight excluding hydrogens is 422 g/mol. The maximum Gasteiger partial charge on any atom is 0.573 e. The number of hydrogen-bond donors (Lipinski definition) is 3. The summed E-state index contributed by atoms with van der Waals surface area (Å²) in [6, 6.07) is 6.36. The SMILES string of the molecule is NP(=O)(O)Oc1cc(OC(F)(F)F)ccc1Nc1ccc2c(n1)=C(Cl)CCC=2. The lowest BCUT2D eigenvalue weighted by Gasteiger charge is -2.16. The summed E-state index contributed by atoms with van der Waals surface area (Å²) in [6.07, 6.45) is -1.53. The summed E-state index contributed by atoms with van der Waals surface area (Å²) in [5.74, 6) is -0.770. The third-order valence-electron chi connectivity index (χ3n) is 3.59. The van der Waals surface area contributed by atoms with Crippen LogP contribution in [0.2, 0.25) is 0 Å². The van der Waals surface area contributed by atoms with Gasteiger partial charge in [-0.2, -0.15) is 0 Å². The minimum absolute atomic E-state index is 0.0533. The second-order valence-corrected chi connectivity index (χ2v) is 7.54. The third kappa shape index (κ3) is 5.39. The Morgan fingerprint density at radius 1 is 1.29 bits per heavy atom. The number of rotatable bonds is 5. The van der Waals surface area contributed by atoms with E-state index in [-0.39, 0.29) is 5.69 Å². The van der Waals surface area contributed by atoms with E-state index in [1.807, 2.05) is 6.08 Å². The Morgan fingerprint density at radius 2 is 2.04 bits per heavy atom. The molecule has 0 aliphatic heterocycles. The van der Waals surface area contributed by atoms with E-state index in [2.05, 4.69) is 15.0 Å². The molecule has 1 atom stereocenters. The average molecular weight is 436 g/mol. The predicted octanol–water partition coefficient (Wildman–Crippen LogP) is 3.08. The van der Waals surface area contributed by atoms with E-state index in [0.29, 0.717) is 22.6 Å². The van der Waals surface area contributed by atoms with E-state index in [9.17, 15) is 22.6 Å². The predicted molar refractivity (Wildman–Crippen MR) is 97.5 cm³/mol. The fourth-order valence-corrected chi connectivity index (χ4v) is 3.25. The first-order valence-electron chi connectivity index (χ1n) is 7.84. The summed E-state index contributed by atoms with van der Waals surface area (Å²) < 4.78 is 57.2. The number of hydrogen-bond acceptors (Lipinski definition) is 5. The average Bonchev–Trinajstić information content (AvgIpc) is 2.55. The van der Waals surface area contributed by atoms with Crippen LogP contribution in [0.1, 0.15) is 12.8 Å². The summed E-state index contributed by atoms with van der Waals surface area (Å²) in [6.45, 7) is 0. The van der Waals surface area contributed by atoms with Crippen molar-refractivity contribution in [1.82, 2.24) is 4.98 Å². The smallest absolute Gasteiger partial charge is 0.411 e. The third-order valence-corrected chi connectivity index (χ3v) is 4.42. The Kier molecular flexibility index (Phi) is 5.58. The number of nitrogens with one attached hydrogen (secondary N) is 1. The molecule has 1 aromatic heterocycles. The monoisotopic (exact) mass is 435 g/mol. The lowest BCUT2D eigenvalue weighted by molar-refractivity contribution is -0.274. The van der Waals surface area contributed by atoms with Crippen molar-refractivity contribution in [3.8, 4) is 11.5 Å². The van der Waals surface area contributed by atoms with Gasteiger partial charge in [-0.25, -0.2) is 15.1 Å². The van der Waals surface area contributed by atoms with Crippen LogP contribution in [-0.2, 0) is 4.57 Å².